The molecular formula is C33H31ClN2O2. The lowest BCUT2D eigenvalue weighted by Gasteiger charge is -2.07. The van der Waals surface area contributed by atoms with Crippen molar-refractivity contribution in [3.05, 3.63) is 137 Å². The molecule has 0 fully saturated rings. The average Bonchev–Trinajstić information content (AvgIpc) is 3.34. The summed E-state index contributed by atoms with van der Waals surface area (Å²) < 4.78 is 0. The number of fused-ring (bicyclic) bond motifs is 1. The van der Waals surface area contributed by atoms with Crippen LogP contribution in [-0.2, 0) is 11.2 Å². The maximum Gasteiger partial charge on any atom is 0.272 e. The molecule has 4 aromatic carbocycles. The van der Waals surface area contributed by atoms with Gasteiger partial charge < -0.3 is 15.1 Å². The molecule has 0 radical (unpaired) electrons. The van der Waals surface area contributed by atoms with Gasteiger partial charge in [0.05, 0.1) is 0 Å². The Morgan fingerprint density at radius 1 is 0.842 bits per heavy atom. The molecule has 1 aromatic heterocycles. The van der Waals surface area contributed by atoms with E-state index in [0.717, 1.165) is 44.7 Å². The number of aromatic nitrogens is 1. The summed E-state index contributed by atoms with van der Waals surface area (Å²) >= 11 is 5.61. The van der Waals surface area contributed by atoms with E-state index >= 15 is 0 Å². The average molecular weight is 523 g/mol. The number of aromatic amines is 1. The molecule has 2 N–H and O–H groups in total. The van der Waals surface area contributed by atoms with Crippen LogP contribution in [0.3, 0.4) is 0 Å². The smallest absolute Gasteiger partial charge is 0.272 e. The Morgan fingerprint density at radius 3 is 2.08 bits per heavy atom. The van der Waals surface area contributed by atoms with Crippen LogP contribution in [-0.4, -0.2) is 17.7 Å². The molecule has 0 saturated heterocycles. The number of carbonyl (C=O) groups is 2. The molecule has 0 saturated carbocycles. The van der Waals surface area contributed by atoms with E-state index in [2.05, 4.69) is 34.6 Å². The minimum Gasteiger partial charge on any atom is -0.350 e. The lowest BCUT2D eigenvalue weighted by atomic mass is 10.1. The van der Waals surface area contributed by atoms with Crippen LogP contribution in [0.25, 0.3) is 22.0 Å². The molecule has 0 atom stereocenters. The van der Waals surface area contributed by atoms with Gasteiger partial charge in [0.25, 0.3) is 5.91 Å². The summed E-state index contributed by atoms with van der Waals surface area (Å²) in [6, 6.07) is 33.9. The van der Waals surface area contributed by atoms with Gasteiger partial charge in [-0.3, -0.25) is 4.79 Å². The molecule has 0 unspecified atom stereocenters. The zero-order valence-electron chi connectivity index (χ0n) is 21.6. The molecule has 1 amide bonds. The van der Waals surface area contributed by atoms with Crippen LogP contribution in [0.15, 0.2) is 115 Å². The second kappa shape index (κ2) is 14.4. The van der Waals surface area contributed by atoms with Crippen LogP contribution in [0.1, 0.15) is 28.5 Å². The first-order chi connectivity index (χ1) is 18.5. The molecular weight excluding hydrogens is 492 g/mol. The van der Waals surface area contributed by atoms with E-state index in [-0.39, 0.29) is 5.91 Å². The van der Waals surface area contributed by atoms with Crippen molar-refractivity contribution in [3.8, 4) is 11.1 Å². The van der Waals surface area contributed by atoms with Gasteiger partial charge in [-0.15, -0.1) is 0 Å². The van der Waals surface area contributed by atoms with Crippen molar-refractivity contribution in [2.24, 2.45) is 0 Å². The number of benzene rings is 4. The Labute approximate surface area is 229 Å². The largest absolute Gasteiger partial charge is 0.350 e. The molecule has 0 aliphatic heterocycles. The lowest BCUT2D eigenvalue weighted by Crippen LogP contribution is -2.14. The van der Waals surface area contributed by atoms with Gasteiger partial charge >= 0.3 is 0 Å². The number of amides is 1. The summed E-state index contributed by atoms with van der Waals surface area (Å²) in [5.74, 6) is -0.122. The van der Waals surface area contributed by atoms with Crippen molar-refractivity contribution in [3.63, 3.8) is 0 Å². The number of para-hydroxylation sites is 1. The molecule has 0 aliphatic carbocycles. The number of halogens is 1. The topological polar surface area (TPSA) is 62.0 Å². The summed E-state index contributed by atoms with van der Waals surface area (Å²) in [5.41, 5.74) is 6.92. The third kappa shape index (κ3) is 7.55. The Bertz CT molecular complexity index is 1450. The molecule has 5 aromatic rings. The fourth-order valence-corrected chi connectivity index (χ4v) is 4.07. The Morgan fingerprint density at radius 2 is 1.45 bits per heavy atom. The standard InChI is InChI=1S/C25H22N2O.C7H7Cl.CH2O/c1-2-3-11-22-21-12-7-8-13-23(21)27-24(22)25(28)26-20-16-14-19(15-17-20)18-9-5-4-6-10-18;1-6-2-4-7(8)5-3-6;1-2/h2-10,12-17,27H,11H2,1H3,(H,26,28);2-5H,1H3;1H2/b3-2+;;. The van der Waals surface area contributed by atoms with Crippen molar-refractivity contribution in [2.45, 2.75) is 20.3 Å². The third-order valence-electron chi connectivity index (χ3n) is 5.86. The quantitative estimate of drug-likeness (QED) is 0.227. The van der Waals surface area contributed by atoms with Crippen molar-refractivity contribution in [1.82, 2.24) is 4.98 Å². The predicted molar refractivity (Wildman–Crippen MR) is 160 cm³/mol. The molecule has 0 spiro atoms. The summed E-state index contributed by atoms with van der Waals surface area (Å²) in [6.07, 6.45) is 4.79. The number of aryl methyl sites for hydroxylation is 1. The van der Waals surface area contributed by atoms with Crippen molar-refractivity contribution < 1.29 is 9.59 Å². The normalized spacial score (nSPS) is 10.3. The molecule has 0 bridgehead atoms. The summed E-state index contributed by atoms with van der Waals surface area (Å²) in [7, 11) is 0. The number of anilines is 1. The predicted octanol–water partition coefficient (Wildman–Crippen LogP) is 8.67. The highest BCUT2D eigenvalue weighted by atomic mass is 35.5. The number of hydrogen-bond acceptors (Lipinski definition) is 2. The van der Waals surface area contributed by atoms with Crippen LogP contribution in [0, 0.1) is 6.92 Å². The van der Waals surface area contributed by atoms with E-state index in [1.54, 1.807) is 0 Å². The number of nitrogens with one attached hydrogen (secondary N) is 2. The van der Waals surface area contributed by atoms with E-state index < -0.39 is 0 Å². The van der Waals surface area contributed by atoms with Crippen LogP contribution < -0.4 is 5.32 Å². The lowest BCUT2D eigenvalue weighted by molar-refractivity contribution is -0.0980. The van der Waals surface area contributed by atoms with E-state index in [1.165, 1.54) is 5.56 Å². The van der Waals surface area contributed by atoms with Crippen molar-refractivity contribution >= 4 is 40.9 Å². The van der Waals surface area contributed by atoms with Crippen molar-refractivity contribution in [1.29, 1.82) is 0 Å². The monoisotopic (exact) mass is 522 g/mol. The zero-order valence-corrected chi connectivity index (χ0v) is 22.3. The summed E-state index contributed by atoms with van der Waals surface area (Å²) in [6.45, 7) is 6.03. The second-order valence-electron chi connectivity index (χ2n) is 8.49. The first kappa shape index (κ1) is 28.2. The van der Waals surface area contributed by atoms with Gasteiger partial charge in [-0.2, -0.15) is 0 Å². The van der Waals surface area contributed by atoms with Crippen molar-refractivity contribution in [2.75, 3.05) is 5.32 Å². The SMILES string of the molecule is C/C=C/Cc1c(C(=O)Nc2ccc(-c3ccccc3)cc2)[nH]c2ccccc12.C=O.Cc1ccc(Cl)cc1. The minimum absolute atomic E-state index is 0.122. The van der Waals surface area contributed by atoms with Gasteiger partial charge in [0.15, 0.2) is 0 Å². The third-order valence-corrected chi connectivity index (χ3v) is 6.11. The van der Waals surface area contributed by atoms with Crippen LogP contribution in [0.5, 0.6) is 0 Å². The fraction of sp³-hybridized carbons (Fsp3) is 0.0909. The van der Waals surface area contributed by atoms with E-state index in [1.807, 2.05) is 112 Å². The van der Waals surface area contributed by atoms with Gasteiger partial charge in [-0.1, -0.05) is 102 Å². The Balaban J connectivity index is 0.000000339. The first-order valence-corrected chi connectivity index (χ1v) is 12.6. The van der Waals surface area contributed by atoms with E-state index in [9.17, 15) is 4.79 Å². The molecule has 38 heavy (non-hydrogen) atoms. The molecule has 4 nitrogen and oxygen atoms in total. The Hall–Kier alpha value is -4.41. The second-order valence-corrected chi connectivity index (χ2v) is 8.93. The van der Waals surface area contributed by atoms with Gasteiger partial charge in [-0.25, -0.2) is 0 Å². The Kier molecular flexibility index (Phi) is 10.6. The van der Waals surface area contributed by atoms with Crippen LogP contribution >= 0.6 is 11.6 Å². The van der Waals surface area contributed by atoms with Gasteiger partial charge in [0.1, 0.15) is 12.5 Å². The van der Waals surface area contributed by atoms with E-state index in [0.29, 0.717) is 5.69 Å². The number of H-pyrrole nitrogens is 1. The molecule has 1 heterocycles. The minimum atomic E-state index is -0.122. The highest BCUT2D eigenvalue weighted by Gasteiger charge is 2.17. The highest BCUT2D eigenvalue weighted by Crippen LogP contribution is 2.25. The number of rotatable bonds is 5. The van der Waals surface area contributed by atoms with E-state index in [4.69, 9.17) is 16.4 Å². The maximum atomic E-state index is 13.0. The molecule has 192 valence electrons. The summed E-state index contributed by atoms with van der Waals surface area (Å²) in [5, 5.41) is 4.91. The number of hydrogen-bond donors (Lipinski definition) is 2. The van der Waals surface area contributed by atoms with Gasteiger partial charge in [0, 0.05) is 21.6 Å². The zero-order chi connectivity index (χ0) is 27.3. The van der Waals surface area contributed by atoms with Gasteiger partial charge in [-0.05, 0) is 67.3 Å². The maximum absolute atomic E-state index is 13.0. The first-order valence-electron chi connectivity index (χ1n) is 12.2. The highest BCUT2D eigenvalue weighted by molar-refractivity contribution is 6.30. The van der Waals surface area contributed by atoms with Crippen LogP contribution in [0.4, 0.5) is 5.69 Å². The molecule has 5 heteroatoms. The summed E-state index contributed by atoms with van der Waals surface area (Å²) in [4.78, 5) is 24.2. The van der Waals surface area contributed by atoms with Gasteiger partial charge in [0.2, 0.25) is 0 Å². The molecule has 5 rings (SSSR count). The number of allylic oxidation sites excluding steroid dienone is 2. The number of carbonyl (C=O) groups excluding carboxylic acids is 2. The molecule has 0 aliphatic rings. The van der Waals surface area contributed by atoms with Crippen LogP contribution in [0.2, 0.25) is 5.02 Å². The fourth-order valence-electron chi connectivity index (χ4n) is 3.95.